The lowest BCUT2D eigenvalue weighted by Crippen LogP contribution is -2.13. The van der Waals surface area contributed by atoms with Crippen LogP contribution in [0.3, 0.4) is 0 Å². The fourth-order valence-electron chi connectivity index (χ4n) is 1.45. The second-order valence-electron chi connectivity index (χ2n) is 3.70. The smallest absolute Gasteiger partial charge is 0.256 e. The lowest BCUT2D eigenvalue weighted by atomic mass is 10.2. The van der Waals surface area contributed by atoms with Crippen LogP contribution in [0.25, 0.3) is 0 Å². The Morgan fingerprint density at radius 2 is 1.74 bits per heavy atom. The third-order valence-electron chi connectivity index (χ3n) is 2.36. The SMILES string of the molecule is O=C(Nc1ccc(F)cc1Cl)c1ccc(F)cc1Br. The van der Waals surface area contributed by atoms with Crippen LogP contribution in [0.4, 0.5) is 14.5 Å². The van der Waals surface area contributed by atoms with Gasteiger partial charge in [0, 0.05) is 4.47 Å². The predicted molar refractivity (Wildman–Crippen MR) is 73.5 cm³/mol. The van der Waals surface area contributed by atoms with Crippen LogP contribution in [0.15, 0.2) is 40.9 Å². The van der Waals surface area contributed by atoms with Gasteiger partial charge in [-0.25, -0.2) is 8.78 Å². The summed E-state index contributed by atoms with van der Waals surface area (Å²) < 4.78 is 26.1. The molecule has 0 atom stereocenters. The molecule has 2 aromatic rings. The van der Waals surface area contributed by atoms with Crippen LogP contribution >= 0.6 is 27.5 Å². The molecule has 0 aliphatic heterocycles. The molecule has 0 aromatic heterocycles. The Labute approximate surface area is 121 Å². The number of halogens is 4. The van der Waals surface area contributed by atoms with Crippen LogP contribution < -0.4 is 5.32 Å². The van der Waals surface area contributed by atoms with Crippen molar-refractivity contribution in [1.82, 2.24) is 0 Å². The number of hydrogen-bond acceptors (Lipinski definition) is 1. The second kappa shape index (κ2) is 5.67. The average Bonchev–Trinajstić information content (AvgIpc) is 2.32. The molecule has 0 saturated heterocycles. The molecule has 98 valence electrons. The van der Waals surface area contributed by atoms with Crippen molar-refractivity contribution in [2.75, 3.05) is 5.32 Å². The van der Waals surface area contributed by atoms with E-state index in [0.29, 0.717) is 4.47 Å². The number of carbonyl (C=O) groups excluding carboxylic acids is 1. The molecular formula is C13H7BrClF2NO. The molecule has 2 nitrogen and oxygen atoms in total. The molecule has 0 spiro atoms. The van der Waals surface area contributed by atoms with Crippen LogP contribution in [-0.2, 0) is 0 Å². The van der Waals surface area contributed by atoms with Crippen molar-refractivity contribution in [3.05, 3.63) is 63.1 Å². The maximum atomic E-state index is 12.9. The highest BCUT2D eigenvalue weighted by molar-refractivity contribution is 9.10. The molecule has 1 N–H and O–H groups in total. The summed E-state index contributed by atoms with van der Waals surface area (Å²) >= 11 is 8.90. The molecular weight excluding hydrogens is 340 g/mol. The van der Waals surface area contributed by atoms with E-state index in [9.17, 15) is 13.6 Å². The van der Waals surface area contributed by atoms with Gasteiger partial charge in [0.15, 0.2) is 0 Å². The largest absolute Gasteiger partial charge is 0.321 e. The minimum atomic E-state index is -0.494. The molecule has 2 rings (SSSR count). The van der Waals surface area contributed by atoms with Crippen molar-refractivity contribution in [3.8, 4) is 0 Å². The normalized spacial score (nSPS) is 10.3. The van der Waals surface area contributed by atoms with Crippen LogP contribution in [0.2, 0.25) is 5.02 Å². The molecule has 19 heavy (non-hydrogen) atoms. The zero-order valence-corrected chi connectivity index (χ0v) is 11.7. The molecule has 6 heteroatoms. The molecule has 1 amide bonds. The van der Waals surface area contributed by atoms with E-state index in [1.165, 1.54) is 30.3 Å². The molecule has 0 fully saturated rings. The fourth-order valence-corrected chi connectivity index (χ4v) is 2.20. The molecule has 0 aliphatic rings. The van der Waals surface area contributed by atoms with Crippen molar-refractivity contribution in [3.63, 3.8) is 0 Å². The van der Waals surface area contributed by atoms with Crippen molar-refractivity contribution in [2.24, 2.45) is 0 Å². The van der Waals surface area contributed by atoms with Gasteiger partial charge in [-0.2, -0.15) is 0 Å². The van der Waals surface area contributed by atoms with Gasteiger partial charge in [0.25, 0.3) is 5.91 Å². The summed E-state index contributed by atoms with van der Waals surface area (Å²) in [4.78, 5) is 12.0. The average molecular weight is 347 g/mol. The van der Waals surface area contributed by atoms with Gasteiger partial charge in [-0.05, 0) is 52.3 Å². The predicted octanol–water partition coefficient (Wildman–Crippen LogP) is 4.63. The summed E-state index contributed by atoms with van der Waals surface area (Å²) in [5.41, 5.74) is 0.533. The van der Waals surface area contributed by atoms with E-state index in [4.69, 9.17) is 11.6 Å². The van der Waals surface area contributed by atoms with Gasteiger partial charge in [0.1, 0.15) is 11.6 Å². The summed E-state index contributed by atoms with van der Waals surface area (Å²) in [6.45, 7) is 0. The molecule has 0 unspecified atom stereocenters. The number of hydrogen-bond donors (Lipinski definition) is 1. The third kappa shape index (κ3) is 3.30. The first-order valence-electron chi connectivity index (χ1n) is 5.19. The van der Waals surface area contributed by atoms with Crippen LogP contribution in [0.1, 0.15) is 10.4 Å². The van der Waals surface area contributed by atoms with Crippen LogP contribution in [-0.4, -0.2) is 5.91 Å². The monoisotopic (exact) mass is 345 g/mol. The maximum absolute atomic E-state index is 12.9. The molecule has 0 saturated carbocycles. The summed E-state index contributed by atoms with van der Waals surface area (Å²) in [5.74, 6) is -1.42. The van der Waals surface area contributed by atoms with E-state index >= 15 is 0 Å². The van der Waals surface area contributed by atoms with E-state index in [1.807, 2.05) is 0 Å². The Balaban J connectivity index is 2.25. The highest BCUT2D eigenvalue weighted by Gasteiger charge is 2.12. The summed E-state index contributed by atoms with van der Waals surface area (Å²) in [5, 5.41) is 2.61. The van der Waals surface area contributed by atoms with Crippen LogP contribution in [0, 0.1) is 11.6 Å². The molecule has 0 radical (unpaired) electrons. The van der Waals surface area contributed by atoms with Gasteiger partial charge in [0.2, 0.25) is 0 Å². The Kier molecular flexibility index (Phi) is 4.17. The summed E-state index contributed by atoms with van der Waals surface area (Å²) in [6, 6.07) is 7.32. The number of anilines is 1. The fraction of sp³-hybridized carbons (Fsp3) is 0. The number of nitrogens with one attached hydrogen (secondary N) is 1. The Morgan fingerprint density at radius 3 is 2.37 bits per heavy atom. The van der Waals surface area contributed by atoms with Gasteiger partial charge in [-0.1, -0.05) is 11.6 Å². The van der Waals surface area contributed by atoms with Gasteiger partial charge < -0.3 is 5.32 Å². The second-order valence-corrected chi connectivity index (χ2v) is 4.96. The number of rotatable bonds is 2. The standard InChI is InChI=1S/C13H7BrClF2NO/c14-10-5-7(16)1-3-9(10)13(19)18-12-4-2-8(17)6-11(12)15/h1-6H,(H,18,19). The quantitative estimate of drug-likeness (QED) is 0.844. The van der Waals surface area contributed by atoms with E-state index in [2.05, 4.69) is 21.2 Å². The van der Waals surface area contributed by atoms with E-state index < -0.39 is 17.5 Å². The minimum absolute atomic E-state index is 0.0894. The molecule has 0 aliphatic carbocycles. The van der Waals surface area contributed by atoms with Gasteiger partial charge in [-0.3, -0.25) is 4.79 Å². The summed E-state index contributed by atoms with van der Waals surface area (Å²) in [6.07, 6.45) is 0. The molecule has 0 heterocycles. The number of benzene rings is 2. The number of carbonyl (C=O) groups is 1. The van der Waals surface area contributed by atoms with E-state index in [1.54, 1.807) is 0 Å². The zero-order valence-electron chi connectivity index (χ0n) is 9.38. The number of amides is 1. The topological polar surface area (TPSA) is 29.1 Å². The van der Waals surface area contributed by atoms with Crippen molar-refractivity contribution in [1.29, 1.82) is 0 Å². The maximum Gasteiger partial charge on any atom is 0.256 e. The first kappa shape index (κ1) is 14.0. The van der Waals surface area contributed by atoms with E-state index in [-0.39, 0.29) is 16.3 Å². The highest BCUT2D eigenvalue weighted by atomic mass is 79.9. The molecule has 0 bridgehead atoms. The Hall–Kier alpha value is -1.46. The Morgan fingerprint density at radius 1 is 1.11 bits per heavy atom. The van der Waals surface area contributed by atoms with Gasteiger partial charge in [0.05, 0.1) is 16.3 Å². The molecule has 2 aromatic carbocycles. The van der Waals surface area contributed by atoms with Gasteiger partial charge in [-0.15, -0.1) is 0 Å². The van der Waals surface area contributed by atoms with Crippen molar-refractivity contribution in [2.45, 2.75) is 0 Å². The van der Waals surface area contributed by atoms with E-state index in [0.717, 1.165) is 6.07 Å². The van der Waals surface area contributed by atoms with Gasteiger partial charge >= 0.3 is 0 Å². The summed E-state index contributed by atoms with van der Waals surface area (Å²) in [7, 11) is 0. The van der Waals surface area contributed by atoms with Crippen molar-refractivity contribution < 1.29 is 13.6 Å². The highest BCUT2D eigenvalue weighted by Crippen LogP contribution is 2.24. The van der Waals surface area contributed by atoms with Crippen LogP contribution in [0.5, 0.6) is 0 Å². The first-order valence-corrected chi connectivity index (χ1v) is 6.36. The Bertz CT molecular complexity index is 649. The lowest BCUT2D eigenvalue weighted by molar-refractivity contribution is 0.102. The zero-order chi connectivity index (χ0) is 14.0. The first-order chi connectivity index (χ1) is 8.97. The minimum Gasteiger partial charge on any atom is -0.321 e. The van der Waals surface area contributed by atoms with Crippen molar-refractivity contribution >= 4 is 39.1 Å². The third-order valence-corrected chi connectivity index (χ3v) is 3.32. The lowest BCUT2D eigenvalue weighted by Gasteiger charge is -2.08.